The molecular weight excluding hydrogens is 1800 g/mol. The van der Waals surface area contributed by atoms with E-state index in [1.54, 1.807) is 49.9 Å². The number of fused-ring (bicyclic) bond motifs is 4. The number of hydrogen-bond donors (Lipinski definition) is 11. The lowest BCUT2D eigenvalue weighted by molar-refractivity contribution is -0.128. The van der Waals surface area contributed by atoms with Gasteiger partial charge in [0.25, 0.3) is 0 Å². The molecule has 11 N–H and O–H groups in total. The van der Waals surface area contributed by atoms with Crippen molar-refractivity contribution in [3.63, 3.8) is 0 Å². The maximum atomic E-state index is 12.1. The van der Waals surface area contributed by atoms with Crippen molar-refractivity contribution in [2.45, 2.75) is 102 Å². The van der Waals surface area contributed by atoms with E-state index in [2.05, 4.69) is 202 Å². The molecule has 30 nitrogen and oxygen atoms in total. The molecule has 5 unspecified atom stereocenters. The lowest BCUT2D eigenvalue weighted by Crippen LogP contribution is -2.44. The maximum absolute atomic E-state index is 12.1. The number of hydrogen-bond acceptors (Lipinski definition) is 21. The molecular formula is C90H97I2N25O5S. The number of nitrogens with zero attached hydrogens (tertiary/aromatic N) is 15. The Bertz CT molecular complexity index is 6230. The molecule has 5 atom stereocenters. The minimum Gasteiger partial charge on any atom is -0.387 e. The zero-order valence-electron chi connectivity index (χ0n) is 69.1. The highest BCUT2D eigenvalue weighted by atomic mass is 127. The van der Waals surface area contributed by atoms with Gasteiger partial charge >= 0.3 is 0 Å². The molecule has 3 aliphatic carbocycles. The minimum absolute atomic E-state index is 0.00437. The quantitative estimate of drug-likeness (QED) is 0.0203. The Labute approximate surface area is 739 Å². The van der Waals surface area contributed by atoms with Crippen LogP contribution in [0.15, 0.2) is 213 Å². The van der Waals surface area contributed by atoms with E-state index < -0.39 is 15.9 Å². The average molecular weight is 1890 g/mol. The van der Waals surface area contributed by atoms with E-state index in [0.717, 1.165) is 191 Å². The number of allylic oxidation sites excluding steroid dienone is 6. The molecule has 0 radical (unpaired) electrons. The molecule has 15 heterocycles. The number of aromatic nitrogens is 18. The fourth-order valence-corrected chi connectivity index (χ4v) is 19.4. The number of morpholine rings is 1. The number of aromatic amines is 8. The number of aliphatic hydroxyl groups excluding tert-OH is 1. The van der Waals surface area contributed by atoms with Gasteiger partial charge in [0, 0.05) is 158 Å². The van der Waals surface area contributed by atoms with E-state index >= 15 is 0 Å². The van der Waals surface area contributed by atoms with E-state index in [1.165, 1.54) is 46.4 Å². The van der Waals surface area contributed by atoms with Gasteiger partial charge in [-0.05, 0) is 207 Å². The van der Waals surface area contributed by atoms with Crippen molar-refractivity contribution in [3.8, 4) is 44.8 Å². The van der Waals surface area contributed by atoms with Crippen LogP contribution < -0.4 is 10.7 Å². The first kappa shape index (κ1) is 85.9. The summed E-state index contributed by atoms with van der Waals surface area (Å²) in [5.41, 5.74) is 33.8. The van der Waals surface area contributed by atoms with E-state index in [4.69, 9.17) is 14.7 Å². The SMILES string of the molecule is C=Cc1[nH]ncc1-c1cnc(-c2cn[nH]c2C)cc1C1CC1.C=Cc1[nH]ncc1-c1cnc(-c2cn[nH]c2C)cc1CCN1CCOCC1.C=Cc1[nH]ncc1/C=C/N=C(/C=C/C)C1=CC(I)C(O)C(I)=C1.CC(=O)N1CCC2=C(C1)C(c1cn[nH]c1C)NC1=C2C2C=NNC2C=C1.Cc1[nH]ncc1C(=Nc1ccc2[nH]ncc2c1)C1=CCCS(=O)(=O)C1. The third kappa shape index (κ3) is 19.9. The largest absolute Gasteiger partial charge is 0.387 e. The summed E-state index contributed by atoms with van der Waals surface area (Å²) >= 11 is 4.41. The molecule has 11 aromatic rings. The van der Waals surface area contributed by atoms with Gasteiger partial charge < -0.3 is 25.5 Å². The van der Waals surface area contributed by atoms with Crippen molar-refractivity contribution < 1.29 is 23.1 Å². The molecule has 1 amide bonds. The van der Waals surface area contributed by atoms with Crippen LogP contribution in [0.2, 0.25) is 0 Å². The zero-order valence-corrected chi connectivity index (χ0v) is 74.2. The molecule has 1 saturated carbocycles. The summed E-state index contributed by atoms with van der Waals surface area (Å²) in [4.78, 5) is 35.1. The monoisotopic (exact) mass is 1890 g/mol. The van der Waals surface area contributed by atoms with Crippen molar-refractivity contribution in [2.24, 2.45) is 21.0 Å². The molecule has 10 aromatic heterocycles. The molecule has 0 spiro atoms. The number of sulfone groups is 1. The number of H-pyrrole nitrogens is 8. The van der Waals surface area contributed by atoms with Gasteiger partial charge in [-0.3, -0.25) is 65.4 Å². The van der Waals surface area contributed by atoms with Gasteiger partial charge in [0.1, 0.15) is 0 Å². The maximum Gasteiger partial charge on any atom is 0.219 e. The van der Waals surface area contributed by atoms with E-state index in [0.29, 0.717) is 24.6 Å². The highest BCUT2D eigenvalue weighted by molar-refractivity contribution is 14.1. The highest BCUT2D eigenvalue weighted by Gasteiger charge is 2.41. The number of nitrogens with one attached hydrogen (secondary N) is 10. The summed E-state index contributed by atoms with van der Waals surface area (Å²) < 4.78 is 30.6. The third-order valence-corrected chi connectivity index (χ3v) is 26.3. The second kappa shape index (κ2) is 39.0. The van der Waals surface area contributed by atoms with Crippen LogP contribution in [0.3, 0.4) is 0 Å². The first-order valence-electron chi connectivity index (χ1n) is 40.7. The number of dihydropyridines is 1. The molecule has 19 rings (SSSR count). The number of carbonyl (C=O) groups excluding carboxylic acids is 1. The van der Waals surface area contributed by atoms with Crippen molar-refractivity contribution in [1.29, 1.82) is 0 Å². The van der Waals surface area contributed by atoms with Gasteiger partial charge in [0.15, 0.2) is 9.84 Å². The lowest BCUT2D eigenvalue weighted by Gasteiger charge is -2.42. The predicted molar refractivity (Wildman–Crippen MR) is 500 cm³/mol. The predicted octanol–water partition coefficient (Wildman–Crippen LogP) is 14.6. The highest BCUT2D eigenvalue weighted by Crippen LogP contribution is 2.47. The zero-order chi connectivity index (χ0) is 85.8. The fourth-order valence-electron chi connectivity index (χ4n) is 15.9. The van der Waals surface area contributed by atoms with Gasteiger partial charge in [0.2, 0.25) is 5.91 Å². The number of ether oxygens (including phenoxy) is 1. The Hall–Kier alpha value is -12.0. The Kier molecular flexibility index (Phi) is 27.2. The smallest absolute Gasteiger partial charge is 0.219 e. The van der Waals surface area contributed by atoms with Crippen molar-refractivity contribution in [2.75, 3.05) is 57.4 Å². The lowest BCUT2D eigenvalue weighted by atomic mass is 9.74. The van der Waals surface area contributed by atoms with Crippen LogP contribution in [0.25, 0.3) is 80.0 Å². The third-order valence-electron chi connectivity index (χ3n) is 22.7. The standard InChI is InChI=1S/C20H24N6O.C19H22N6O.C17H17I2N3O.C17H17N5O2S.C17H17N5/c1-3-19-18(13-23-25-19)17-11-21-20(16-12-22-24-14(16)2)10-15(17)4-5-26-6-8-27-9-7-26;1-10-13(7-20-23-10)19-15-9-25(11(2)26)6-5-12(15)18-14-8-21-24-16(14)3-4-17(18)22-19;1-3-5-16(12-8-13(18)17(23)14(19)9-12)20-7-6-11-10-21-22-15(11)4-2;1-11-15(9-19-21-11)17(12-3-2-6-25(23,24)10-12)20-14-4-5-16-13(7-14)8-18-22-16;1-3-16-15(9-20-22-16)14-7-18-17(6-12(14)11-4-5-11)13-8-19-21-10(13)2/h3,10-13H,1,4-9H2,2H3,(H,22,24)(H,23,25);3-4,7-8,14,16,19,22,24H,5-6,9H2,1-2H3,(H,20,23);3-10,13,17,23H,2H2,1H3,(H,21,22);3-5,7-9H,2,6,10H2,1H3,(H,18,22)(H,19,21);3,6-9,11H,1,4-5H2,2H3,(H,19,21)(H,20,22)/b;;5-3+,7-6+,20-16-;;. The molecule has 1 aromatic carbocycles. The molecule has 123 heavy (non-hydrogen) atoms. The van der Waals surface area contributed by atoms with Gasteiger partial charge in [0.05, 0.1) is 148 Å². The fraction of sp³-hybridized carbons (Fsp3) is 0.289. The average Bonchev–Trinajstić information content (AvgIpc) is 1.48. The summed E-state index contributed by atoms with van der Waals surface area (Å²) in [7, 11) is -3.09. The number of halogens is 2. The first-order chi connectivity index (χ1) is 59.7. The summed E-state index contributed by atoms with van der Waals surface area (Å²) in [5, 5.41) is 75.5. The van der Waals surface area contributed by atoms with Crippen LogP contribution in [-0.2, 0) is 25.8 Å². The second-order valence-corrected chi connectivity index (χ2v) is 35.7. The van der Waals surface area contributed by atoms with E-state index in [-0.39, 0.29) is 39.3 Å². The number of rotatable bonds is 19. The number of pyridine rings is 2. The van der Waals surface area contributed by atoms with Crippen molar-refractivity contribution in [1.82, 2.24) is 112 Å². The summed E-state index contributed by atoms with van der Waals surface area (Å²) in [6.45, 7) is 29.1. The number of alkyl halides is 1. The Balaban J connectivity index is 0.000000119. The van der Waals surface area contributed by atoms with Crippen LogP contribution in [0.5, 0.6) is 0 Å². The van der Waals surface area contributed by atoms with Gasteiger partial charge in [-0.1, -0.05) is 66.6 Å². The summed E-state index contributed by atoms with van der Waals surface area (Å²) in [6, 6.07) is 10.4. The van der Waals surface area contributed by atoms with Crippen LogP contribution in [-0.4, -0.2) is 212 Å². The van der Waals surface area contributed by atoms with Crippen LogP contribution in [0, 0.1) is 33.6 Å². The number of hydrazone groups is 1. The Morgan fingerprint density at radius 2 is 1.39 bits per heavy atom. The number of carbonyl (C=O) groups is 1. The number of aliphatic imine (C=N–C) groups is 2. The van der Waals surface area contributed by atoms with Crippen molar-refractivity contribution in [3.05, 3.63) is 266 Å². The van der Waals surface area contributed by atoms with Gasteiger partial charge in [-0.2, -0.15) is 45.9 Å². The van der Waals surface area contributed by atoms with Crippen LogP contribution in [0.1, 0.15) is 119 Å². The minimum atomic E-state index is -3.09. The first-order valence-corrected chi connectivity index (χ1v) is 44.8. The molecule has 2 fully saturated rings. The summed E-state index contributed by atoms with van der Waals surface area (Å²) in [6.07, 6.45) is 47.9. The molecule has 8 aliphatic rings. The Morgan fingerprint density at radius 3 is 2.05 bits per heavy atom. The molecule has 33 heteroatoms. The second-order valence-electron chi connectivity index (χ2n) is 30.8. The molecule has 5 aliphatic heterocycles. The van der Waals surface area contributed by atoms with Gasteiger partial charge in [-0.15, -0.1) is 0 Å². The number of aryl methyl sites for hydroxylation is 4. The van der Waals surface area contributed by atoms with Gasteiger partial charge in [-0.25, -0.2) is 13.4 Å². The number of benzene rings is 1. The number of aliphatic hydroxyl groups is 1. The van der Waals surface area contributed by atoms with Crippen molar-refractivity contribution >= 4 is 119 Å². The van der Waals surface area contributed by atoms with Crippen LogP contribution >= 0.6 is 45.2 Å². The molecule has 632 valence electrons. The molecule has 1 saturated heterocycles. The van der Waals surface area contributed by atoms with E-state index in [1.807, 2.05) is 144 Å². The Morgan fingerprint density at radius 1 is 0.732 bits per heavy atom. The molecule has 0 bridgehead atoms. The van der Waals surface area contributed by atoms with Crippen LogP contribution in [0.4, 0.5) is 5.69 Å². The van der Waals surface area contributed by atoms with E-state index in [9.17, 15) is 18.3 Å². The number of amides is 1. The normalized spacial score (nSPS) is 19.8. The summed E-state index contributed by atoms with van der Waals surface area (Å²) in [5.74, 6) is 1.20. The topological polar surface area (TPSA) is 404 Å².